The quantitative estimate of drug-likeness (QED) is 0.885. The van der Waals surface area contributed by atoms with Crippen molar-refractivity contribution in [1.82, 2.24) is 4.98 Å². The fourth-order valence-electron chi connectivity index (χ4n) is 3.16. The van der Waals surface area contributed by atoms with Crippen molar-refractivity contribution < 1.29 is 5.11 Å². The summed E-state index contributed by atoms with van der Waals surface area (Å²) in [5.41, 5.74) is 1.94. The number of anilines is 1. The van der Waals surface area contributed by atoms with Gasteiger partial charge >= 0.3 is 0 Å². The highest BCUT2D eigenvalue weighted by atomic mass is 16.3. The Bertz CT molecular complexity index is 396. The van der Waals surface area contributed by atoms with Gasteiger partial charge in [0.2, 0.25) is 0 Å². The highest BCUT2D eigenvalue weighted by molar-refractivity contribution is 5.45. The number of hydrogen-bond acceptors (Lipinski definition) is 3. The fourth-order valence-corrected chi connectivity index (χ4v) is 3.16. The van der Waals surface area contributed by atoms with E-state index in [2.05, 4.69) is 29.9 Å². The van der Waals surface area contributed by atoms with Crippen LogP contribution in [0.5, 0.6) is 0 Å². The van der Waals surface area contributed by atoms with Crippen molar-refractivity contribution in [3.8, 4) is 0 Å². The van der Waals surface area contributed by atoms with E-state index in [4.69, 9.17) is 0 Å². The van der Waals surface area contributed by atoms with Crippen LogP contribution >= 0.6 is 0 Å². The molecule has 1 aromatic heterocycles. The molecule has 1 fully saturated rings. The van der Waals surface area contributed by atoms with Gasteiger partial charge in [0.25, 0.3) is 0 Å². The lowest BCUT2D eigenvalue weighted by Gasteiger charge is -2.35. The number of rotatable bonds is 5. The zero-order valence-electron chi connectivity index (χ0n) is 13.0. The summed E-state index contributed by atoms with van der Waals surface area (Å²) in [6, 6.07) is 4.69. The second kappa shape index (κ2) is 7.07. The Morgan fingerprint density at radius 2 is 1.95 bits per heavy atom. The lowest BCUT2D eigenvalue weighted by atomic mass is 9.84. The van der Waals surface area contributed by atoms with E-state index in [9.17, 15) is 5.11 Å². The molecule has 0 bridgehead atoms. The van der Waals surface area contributed by atoms with Crippen LogP contribution in [-0.2, 0) is 0 Å². The maximum atomic E-state index is 9.79. The van der Waals surface area contributed by atoms with E-state index in [1.807, 2.05) is 19.2 Å². The van der Waals surface area contributed by atoms with Crippen molar-refractivity contribution in [2.45, 2.75) is 64.5 Å². The molecule has 1 saturated carbocycles. The number of aliphatic hydroxyl groups is 1. The van der Waals surface area contributed by atoms with Gasteiger partial charge in [-0.2, -0.15) is 0 Å². The fraction of sp³-hybridized carbons (Fsp3) is 0.706. The van der Waals surface area contributed by atoms with Crippen molar-refractivity contribution in [3.63, 3.8) is 0 Å². The molecular formula is C17H28N2O. The van der Waals surface area contributed by atoms with Crippen LogP contribution in [-0.4, -0.2) is 23.2 Å². The molecule has 0 aromatic carbocycles. The molecule has 1 aliphatic rings. The summed E-state index contributed by atoms with van der Waals surface area (Å²) < 4.78 is 0. The lowest BCUT2D eigenvalue weighted by Crippen LogP contribution is -2.35. The molecule has 3 heteroatoms. The van der Waals surface area contributed by atoms with E-state index in [0.29, 0.717) is 12.5 Å². The highest BCUT2D eigenvalue weighted by Gasteiger charge is 2.23. The maximum absolute atomic E-state index is 9.79. The molecule has 2 rings (SSSR count). The molecule has 1 N–H and O–H groups in total. The van der Waals surface area contributed by atoms with Crippen LogP contribution in [0.2, 0.25) is 0 Å². The first-order valence-electron chi connectivity index (χ1n) is 8.02. The average molecular weight is 276 g/mol. The molecule has 20 heavy (non-hydrogen) atoms. The highest BCUT2D eigenvalue weighted by Crippen LogP contribution is 2.31. The van der Waals surface area contributed by atoms with Crippen molar-refractivity contribution in [3.05, 3.63) is 24.0 Å². The summed E-state index contributed by atoms with van der Waals surface area (Å²) in [7, 11) is 2.17. The third kappa shape index (κ3) is 3.51. The van der Waals surface area contributed by atoms with Gasteiger partial charge in [0, 0.05) is 13.1 Å². The van der Waals surface area contributed by atoms with Gasteiger partial charge in [0.15, 0.2) is 0 Å². The van der Waals surface area contributed by atoms with E-state index in [1.165, 1.54) is 32.1 Å². The van der Waals surface area contributed by atoms with E-state index in [0.717, 1.165) is 17.3 Å². The number of hydrogen-bond donors (Lipinski definition) is 1. The Morgan fingerprint density at radius 1 is 1.25 bits per heavy atom. The second-order valence-corrected chi connectivity index (χ2v) is 6.06. The number of aromatic nitrogens is 1. The van der Waals surface area contributed by atoms with Crippen LogP contribution in [0.15, 0.2) is 18.3 Å². The molecule has 112 valence electrons. The first-order chi connectivity index (χ1) is 9.65. The van der Waals surface area contributed by atoms with Crippen LogP contribution in [0, 0.1) is 5.92 Å². The molecule has 0 unspecified atom stereocenters. The third-order valence-corrected chi connectivity index (χ3v) is 4.85. The summed E-state index contributed by atoms with van der Waals surface area (Å²) >= 11 is 0. The van der Waals surface area contributed by atoms with Crippen LogP contribution in [0.25, 0.3) is 0 Å². The molecule has 0 radical (unpaired) electrons. The van der Waals surface area contributed by atoms with Crippen LogP contribution in [0.4, 0.5) is 5.69 Å². The van der Waals surface area contributed by atoms with E-state index >= 15 is 0 Å². The van der Waals surface area contributed by atoms with Gasteiger partial charge in [-0.05, 0) is 50.2 Å². The van der Waals surface area contributed by atoms with Gasteiger partial charge in [-0.1, -0.05) is 20.3 Å². The van der Waals surface area contributed by atoms with Crippen LogP contribution < -0.4 is 4.90 Å². The monoisotopic (exact) mass is 276 g/mol. The molecule has 1 aliphatic carbocycles. The minimum absolute atomic E-state index is 0.436. The zero-order chi connectivity index (χ0) is 14.5. The minimum atomic E-state index is -0.436. The summed E-state index contributed by atoms with van der Waals surface area (Å²) in [5, 5.41) is 9.79. The first-order valence-corrected chi connectivity index (χ1v) is 8.02. The zero-order valence-corrected chi connectivity index (χ0v) is 13.0. The molecule has 0 amide bonds. The largest absolute Gasteiger partial charge is 0.387 e. The predicted octanol–water partition coefficient (Wildman–Crippen LogP) is 3.93. The summed E-state index contributed by atoms with van der Waals surface area (Å²) in [6.45, 7) is 4.27. The Balaban J connectivity index is 1.97. The topological polar surface area (TPSA) is 36.4 Å². The van der Waals surface area contributed by atoms with Gasteiger partial charge in [-0.15, -0.1) is 0 Å². The van der Waals surface area contributed by atoms with E-state index in [1.54, 1.807) is 0 Å². The van der Waals surface area contributed by atoms with Crippen LogP contribution in [0.1, 0.15) is 64.2 Å². The Hall–Kier alpha value is -1.09. The molecule has 0 saturated heterocycles. The van der Waals surface area contributed by atoms with Gasteiger partial charge in [-0.3, -0.25) is 4.98 Å². The van der Waals surface area contributed by atoms with Crippen molar-refractivity contribution >= 4 is 5.69 Å². The number of aliphatic hydroxyl groups excluding tert-OH is 1. The Morgan fingerprint density at radius 3 is 2.45 bits per heavy atom. The van der Waals surface area contributed by atoms with E-state index in [-0.39, 0.29) is 0 Å². The van der Waals surface area contributed by atoms with Crippen LogP contribution in [0.3, 0.4) is 0 Å². The summed E-state index contributed by atoms with van der Waals surface area (Å²) in [6.07, 6.45) is 8.78. The Kier molecular flexibility index (Phi) is 5.41. The molecule has 1 aromatic rings. The second-order valence-electron chi connectivity index (χ2n) is 6.06. The normalized spacial score (nSPS) is 24.4. The molecular weight excluding hydrogens is 248 g/mol. The first kappa shape index (κ1) is 15.3. The minimum Gasteiger partial charge on any atom is -0.387 e. The standard InChI is InChI=1S/C17H28N2O/c1-4-13-6-8-14(9-7-13)19(3)15-10-11-16(18-12-15)17(20)5-2/h10-14,17,20H,4-9H2,1-3H3/t13?,14?,17-/m0/s1. The van der Waals surface area contributed by atoms with Gasteiger partial charge in [0.05, 0.1) is 23.7 Å². The number of nitrogens with zero attached hydrogens (tertiary/aromatic N) is 2. The smallest absolute Gasteiger partial charge is 0.0957 e. The summed E-state index contributed by atoms with van der Waals surface area (Å²) in [5.74, 6) is 0.930. The van der Waals surface area contributed by atoms with Gasteiger partial charge < -0.3 is 10.0 Å². The molecule has 1 atom stereocenters. The predicted molar refractivity (Wildman–Crippen MR) is 83.9 cm³/mol. The van der Waals surface area contributed by atoms with Gasteiger partial charge in [0.1, 0.15) is 0 Å². The summed E-state index contributed by atoms with van der Waals surface area (Å²) in [4.78, 5) is 6.77. The average Bonchev–Trinajstić information content (AvgIpc) is 2.53. The molecule has 1 heterocycles. The lowest BCUT2D eigenvalue weighted by molar-refractivity contribution is 0.169. The Labute approximate surface area is 123 Å². The maximum Gasteiger partial charge on any atom is 0.0957 e. The van der Waals surface area contributed by atoms with Crippen molar-refractivity contribution in [1.29, 1.82) is 0 Å². The van der Waals surface area contributed by atoms with Crippen molar-refractivity contribution in [2.75, 3.05) is 11.9 Å². The van der Waals surface area contributed by atoms with E-state index < -0.39 is 6.10 Å². The third-order valence-electron chi connectivity index (χ3n) is 4.85. The molecule has 3 nitrogen and oxygen atoms in total. The van der Waals surface area contributed by atoms with Gasteiger partial charge in [-0.25, -0.2) is 0 Å². The van der Waals surface area contributed by atoms with Crippen molar-refractivity contribution in [2.24, 2.45) is 5.92 Å². The SMILES string of the molecule is CCC1CCC(N(C)c2ccc([C@@H](O)CC)nc2)CC1. The molecule has 0 aliphatic heterocycles. The number of pyridine rings is 1. The molecule has 0 spiro atoms.